The number of aromatic nitrogens is 2. The fraction of sp³-hybridized carbons (Fsp3) is 0.200. The van der Waals surface area contributed by atoms with E-state index < -0.39 is 0 Å². The highest BCUT2D eigenvalue weighted by atomic mass is 16.5. The molecule has 0 amide bonds. The topological polar surface area (TPSA) is 70.1 Å². The molecule has 2 aromatic rings. The molecule has 0 saturated heterocycles. The van der Waals surface area contributed by atoms with E-state index in [1.54, 1.807) is 7.11 Å². The smallest absolute Gasteiger partial charge is 0.156 e. The second-order valence-electron chi connectivity index (χ2n) is 4.33. The van der Waals surface area contributed by atoms with Crippen LogP contribution < -0.4 is 10.5 Å². The first kappa shape index (κ1) is 13.7. The number of ether oxygens (including phenoxy) is 1. The van der Waals surface area contributed by atoms with Crippen LogP contribution in [-0.2, 0) is 6.54 Å². The third-order valence-corrected chi connectivity index (χ3v) is 3.00. The van der Waals surface area contributed by atoms with Crippen molar-refractivity contribution in [3.8, 4) is 29.4 Å². The number of nitrogens with two attached hydrogens (primary N) is 1. The van der Waals surface area contributed by atoms with E-state index in [9.17, 15) is 4.79 Å². The first-order valence-electron chi connectivity index (χ1n) is 6.02. The van der Waals surface area contributed by atoms with Gasteiger partial charge in [-0.25, -0.2) is 4.68 Å². The Bertz CT molecular complexity index is 696. The second-order valence-corrected chi connectivity index (χ2v) is 4.33. The maximum absolute atomic E-state index is 11.3. The van der Waals surface area contributed by atoms with Gasteiger partial charge in [-0.15, -0.1) is 6.42 Å². The summed E-state index contributed by atoms with van der Waals surface area (Å²) in [7, 11) is 1.57. The molecule has 0 spiro atoms. The second kappa shape index (κ2) is 5.49. The van der Waals surface area contributed by atoms with Gasteiger partial charge in [0.1, 0.15) is 23.8 Å². The van der Waals surface area contributed by atoms with Crippen LogP contribution in [0.4, 0.5) is 5.82 Å². The molecule has 0 aliphatic carbocycles. The number of hydrogen-bond acceptors (Lipinski definition) is 4. The Morgan fingerprint density at radius 3 is 2.90 bits per heavy atom. The number of rotatable bonds is 4. The number of hydrogen-bond donors (Lipinski definition) is 1. The lowest BCUT2D eigenvalue weighted by Gasteiger charge is -2.07. The summed E-state index contributed by atoms with van der Waals surface area (Å²) in [6.45, 7) is 2.16. The number of carbonyl (C=O) groups excluding carboxylic acids is 1. The molecular formula is C15H15N3O2. The Kier molecular flexibility index (Phi) is 3.76. The highest BCUT2D eigenvalue weighted by Gasteiger charge is 2.19. The molecule has 20 heavy (non-hydrogen) atoms. The van der Waals surface area contributed by atoms with Crippen LogP contribution in [0, 0.1) is 19.3 Å². The van der Waals surface area contributed by atoms with Crippen LogP contribution >= 0.6 is 0 Å². The zero-order valence-electron chi connectivity index (χ0n) is 11.4. The van der Waals surface area contributed by atoms with Gasteiger partial charge in [-0.1, -0.05) is 17.6 Å². The molecule has 1 heterocycles. The fourth-order valence-corrected chi connectivity index (χ4v) is 2.02. The van der Waals surface area contributed by atoms with Crippen molar-refractivity contribution in [1.82, 2.24) is 9.78 Å². The zero-order chi connectivity index (χ0) is 14.7. The summed E-state index contributed by atoms with van der Waals surface area (Å²) in [5.41, 5.74) is 8.45. The quantitative estimate of drug-likeness (QED) is 0.679. The molecule has 2 rings (SSSR count). The maximum atomic E-state index is 11.3. The highest BCUT2D eigenvalue weighted by Crippen LogP contribution is 2.33. The van der Waals surface area contributed by atoms with E-state index in [4.69, 9.17) is 16.9 Å². The van der Waals surface area contributed by atoms with Gasteiger partial charge in [0, 0.05) is 5.56 Å². The van der Waals surface area contributed by atoms with Crippen molar-refractivity contribution >= 4 is 12.1 Å². The van der Waals surface area contributed by atoms with E-state index >= 15 is 0 Å². The van der Waals surface area contributed by atoms with Gasteiger partial charge >= 0.3 is 0 Å². The SMILES string of the molecule is C#CCn1nc(-c2cc(C)ccc2OC)c(C=O)c1N. The zero-order valence-corrected chi connectivity index (χ0v) is 11.4. The van der Waals surface area contributed by atoms with E-state index in [1.165, 1.54) is 4.68 Å². The van der Waals surface area contributed by atoms with Crippen molar-refractivity contribution in [2.45, 2.75) is 13.5 Å². The Morgan fingerprint density at radius 2 is 2.30 bits per heavy atom. The molecule has 2 N–H and O–H groups in total. The van der Waals surface area contributed by atoms with Crippen LogP contribution in [0.5, 0.6) is 5.75 Å². The average Bonchev–Trinajstić information content (AvgIpc) is 2.76. The number of nitrogen functional groups attached to an aromatic ring is 1. The van der Waals surface area contributed by atoms with Crippen LogP contribution in [0.25, 0.3) is 11.3 Å². The van der Waals surface area contributed by atoms with Gasteiger partial charge in [0.15, 0.2) is 6.29 Å². The largest absolute Gasteiger partial charge is 0.496 e. The summed E-state index contributed by atoms with van der Waals surface area (Å²) in [6, 6.07) is 5.65. The van der Waals surface area contributed by atoms with Crippen molar-refractivity contribution in [2.24, 2.45) is 0 Å². The lowest BCUT2D eigenvalue weighted by Crippen LogP contribution is -2.03. The highest BCUT2D eigenvalue weighted by molar-refractivity contribution is 5.92. The number of methoxy groups -OCH3 is 1. The number of aldehydes is 1. The summed E-state index contributed by atoms with van der Waals surface area (Å²) in [5, 5.41) is 4.33. The lowest BCUT2D eigenvalue weighted by atomic mass is 10.0. The molecule has 0 aliphatic rings. The molecular weight excluding hydrogens is 254 g/mol. The fourth-order valence-electron chi connectivity index (χ4n) is 2.02. The van der Waals surface area contributed by atoms with Crippen molar-refractivity contribution in [2.75, 3.05) is 12.8 Å². The lowest BCUT2D eigenvalue weighted by molar-refractivity contribution is 0.112. The monoisotopic (exact) mass is 269 g/mol. The summed E-state index contributed by atoms with van der Waals surface area (Å²) < 4.78 is 6.75. The molecule has 0 bridgehead atoms. The van der Waals surface area contributed by atoms with Crippen molar-refractivity contribution < 1.29 is 9.53 Å². The number of terminal acetylenes is 1. The third kappa shape index (κ3) is 2.24. The molecule has 5 heteroatoms. The van der Waals surface area contributed by atoms with Gasteiger partial charge in [-0.3, -0.25) is 4.79 Å². The van der Waals surface area contributed by atoms with Crippen LogP contribution in [-0.4, -0.2) is 23.2 Å². The normalized spacial score (nSPS) is 10.1. The number of nitrogens with zero attached hydrogens (tertiary/aromatic N) is 2. The minimum Gasteiger partial charge on any atom is -0.496 e. The van der Waals surface area contributed by atoms with Crippen molar-refractivity contribution in [1.29, 1.82) is 0 Å². The molecule has 5 nitrogen and oxygen atoms in total. The Balaban J connectivity index is 2.69. The van der Waals surface area contributed by atoms with E-state index in [2.05, 4.69) is 11.0 Å². The Labute approximate surface area is 117 Å². The van der Waals surface area contributed by atoms with Crippen molar-refractivity contribution in [3.63, 3.8) is 0 Å². The van der Waals surface area contributed by atoms with E-state index in [-0.39, 0.29) is 12.4 Å². The molecule has 1 aromatic carbocycles. The number of carbonyl (C=O) groups is 1. The van der Waals surface area contributed by atoms with Crippen LogP contribution in [0.3, 0.4) is 0 Å². The number of aryl methyl sites for hydroxylation is 1. The average molecular weight is 269 g/mol. The molecule has 0 atom stereocenters. The van der Waals surface area contributed by atoms with Gasteiger partial charge in [-0.2, -0.15) is 5.10 Å². The predicted molar refractivity (Wildman–Crippen MR) is 77.6 cm³/mol. The third-order valence-electron chi connectivity index (χ3n) is 3.00. The van der Waals surface area contributed by atoms with E-state index in [1.807, 2.05) is 25.1 Å². The molecule has 1 aromatic heterocycles. The first-order valence-corrected chi connectivity index (χ1v) is 6.02. The molecule has 0 unspecified atom stereocenters. The van der Waals surface area contributed by atoms with E-state index in [0.29, 0.717) is 23.3 Å². The van der Waals surface area contributed by atoms with Gasteiger partial charge in [-0.05, 0) is 19.1 Å². The van der Waals surface area contributed by atoms with Crippen LogP contribution in [0.15, 0.2) is 18.2 Å². The standard InChI is InChI=1S/C15H15N3O2/c1-4-7-18-15(16)12(9-19)14(17-18)11-8-10(2)5-6-13(11)20-3/h1,5-6,8-9H,7,16H2,2-3H3. The summed E-state index contributed by atoms with van der Waals surface area (Å²) >= 11 is 0. The van der Waals surface area contributed by atoms with Gasteiger partial charge < -0.3 is 10.5 Å². The maximum Gasteiger partial charge on any atom is 0.156 e. The molecule has 0 saturated carbocycles. The number of benzene rings is 1. The Hall–Kier alpha value is -2.74. The summed E-state index contributed by atoms with van der Waals surface area (Å²) in [6.07, 6.45) is 5.96. The summed E-state index contributed by atoms with van der Waals surface area (Å²) in [4.78, 5) is 11.3. The van der Waals surface area contributed by atoms with E-state index in [0.717, 1.165) is 11.1 Å². The van der Waals surface area contributed by atoms with Crippen LogP contribution in [0.1, 0.15) is 15.9 Å². The van der Waals surface area contributed by atoms with Gasteiger partial charge in [0.25, 0.3) is 0 Å². The van der Waals surface area contributed by atoms with Gasteiger partial charge in [0.05, 0.1) is 12.7 Å². The molecule has 0 aliphatic heterocycles. The summed E-state index contributed by atoms with van der Waals surface area (Å²) in [5.74, 6) is 3.34. The molecule has 0 fully saturated rings. The minimum atomic E-state index is 0.209. The Morgan fingerprint density at radius 1 is 1.55 bits per heavy atom. The minimum absolute atomic E-state index is 0.209. The molecule has 0 radical (unpaired) electrons. The van der Waals surface area contributed by atoms with Gasteiger partial charge in [0.2, 0.25) is 0 Å². The first-order chi connectivity index (χ1) is 9.62. The van der Waals surface area contributed by atoms with Crippen LogP contribution in [0.2, 0.25) is 0 Å². The number of anilines is 1. The predicted octanol–water partition coefficient (Wildman–Crippen LogP) is 1.90. The molecule has 102 valence electrons. The van der Waals surface area contributed by atoms with Crippen molar-refractivity contribution in [3.05, 3.63) is 29.3 Å².